The molecule has 2 N–H and O–H groups in total. The molecule has 1 aromatic rings. The standard InChI is InChI=1S/C16H19F3N2O3/c1-2-3-7-12-10-15(23,16(17,18)19)21(20-12)14(22)11-24-13-8-5-4-6-9-13/h4-6,8-10,20,23H,2-3,7,11H2,1H3/t15-/m1/s1. The molecular weight excluding hydrogens is 325 g/mol. The molecule has 2 rings (SSSR count). The Labute approximate surface area is 137 Å². The highest BCUT2D eigenvalue weighted by atomic mass is 19.4. The van der Waals surface area contributed by atoms with Crippen molar-refractivity contribution in [3.8, 4) is 5.75 Å². The van der Waals surface area contributed by atoms with E-state index >= 15 is 0 Å². The highest BCUT2D eigenvalue weighted by molar-refractivity contribution is 5.79. The number of alkyl halides is 3. The lowest BCUT2D eigenvalue weighted by atomic mass is 10.1. The Morgan fingerprint density at radius 3 is 2.58 bits per heavy atom. The molecule has 0 saturated carbocycles. The number of unbranched alkanes of at least 4 members (excludes halogenated alkanes) is 1. The van der Waals surface area contributed by atoms with Crippen molar-refractivity contribution in [3.05, 3.63) is 42.1 Å². The van der Waals surface area contributed by atoms with Gasteiger partial charge in [0.2, 0.25) is 0 Å². The van der Waals surface area contributed by atoms with Crippen molar-refractivity contribution in [2.45, 2.75) is 38.1 Å². The molecule has 0 aromatic heterocycles. The van der Waals surface area contributed by atoms with E-state index in [0.29, 0.717) is 24.7 Å². The van der Waals surface area contributed by atoms with Gasteiger partial charge >= 0.3 is 6.18 Å². The summed E-state index contributed by atoms with van der Waals surface area (Å²) in [6, 6.07) is 8.23. The molecule has 0 fully saturated rings. The summed E-state index contributed by atoms with van der Waals surface area (Å²) in [4.78, 5) is 12.1. The SMILES string of the molecule is CCCCC1=C[C@@](O)(C(F)(F)F)N(C(=O)COc2ccccc2)N1. The molecule has 1 amide bonds. The average Bonchev–Trinajstić information content (AvgIpc) is 2.90. The van der Waals surface area contributed by atoms with Gasteiger partial charge in [-0.3, -0.25) is 10.2 Å². The molecule has 24 heavy (non-hydrogen) atoms. The molecule has 1 aromatic carbocycles. The molecule has 0 bridgehead atoms. The van der Waals surface area contributed by atoms with Gasteiger partial charge in [-0.25, -0.2) is 5.01 Å². The number of para-hydroxylation sites is 1. The van der Waals surface area contributed by atoms with Crippen molar-refractivity contribution in [2.24, 2.45) is 0 Å². The Balaban J connectivity index is 2.10. The quantitative estimate of drug-likeness (QED) is 0.833. The summed E-state index contributed by atoms with van der Waals surface area (Å²) in [7, 11) is 0. The Bertz CT molecular complexity index is 604. The second-order valence-electron chi connectivity index (χ2n) is 5.44. The van der Waals surface area contributed by atoms with Gasteiger partial charge in [0.15, 0.2) is 6.61 Å². The van der Waals surface area contributed by atoms with Crippen LogP contribution in [-0.2, 0) is 4.79 Å². The molecule has 1 heterocycles. The van der Waals surface area contributed by atoms with E-state index in [1.165, 1.54) is 0 Å². The lowest BCUT2D eigenvalue weighted by Gasteiger charge is -2.33. The molecule has 1 atom stereocenters. The Kier molecular flexibility index (Phi) is 5.38. The van der Waals surface area contributed by atoms with Gasteiger partial charge < -0.3 is 9.84 Å². The summed E-state index contributed by atoms with van der Waals surface area (Å²) in [5, 5.41) is 10.2. The first kappa shape index (κ1) is 18.1. The number of nitrogens with one attached hydrogen (secondary N) is 1. The highest BCUT2D eigenvalue weighted by Crippen LogP contribution is 2.38. The van der Waals surface area contributed by atoms with Crippen molar-refractivity contribution in [2.75, 3.05) is 6.61 Å². The fraction of sp³-hybridized carbons (Fsp3) is 0.438. The van der Waals surface area contributed by atoms with Crippen molar-refractivity contribution in [3.63, 3.8) is 0 Å². The van der Waals surface area contributed by atoms with E-state index in [4.69, 9.17) is 4.74 Å². The summed E-state index contributed by atoms with van der Waals surface area (Å²) in [6.07, 6.45) is -2.68. The minimum atomic E-state index is -5.03. The fourth-order valence-electron chi connectivity index (χ4n) is 2.25. The third-order valence-electron chi connectivity index (χ3n) is 3.54. The monoisotopic (exact) mass is 344 g/mol. The van der Waals surface area contributed by atoms with Gasteiger partial charge in [-0.05, 0) is 31.1 Å². The summed E-state index contributed by atoms with van der Waals surface area (Å²) in [6.45, 7) is 1.26. The number of benzene rings is 1. The molecular formula is C16H19F3N2O3. The second kappa shape index (κ2) is 7.12. The molecule has 0 spiro atoms. The van der Waals surface area contributed by atoms with Crippen molar-refractivity contribution < 1.29 is 27.8 Å². The number of hydrazine groups is 1. The average molecular weight is 344 g/mol. The van der Waals surface area contributed by atoms with Crippen LogP contribution in [0.5, 0.6) is 5.75 Å². The first-order valence-corrected chi connectivity index (χ1v) is 7.56. The third kappa shape index (κ3) is 3.81. The van der Waals surface area contributed by atoms with Gasteiger partial charge in [-0.1, -0.05) is 31.5 Å². The van der Waals surface area contributed by atoms with Gasteiger partial charge in [0, 0.05) is 5.70 Å². The van der Waals surface area contributed by atoms with Crippen LogP contribution in [0.25, 0.3) is 0 Å². The van der Waals surface area contributed by atoms with Crippen LogP contribution < -0.4 is 10.2 Å². The maximum atomic E-state index is 13.2. The summed E-state index contributed by atoms with van der Waals surface area (Å²) >= 11 is 0. The molecule has 0 aliphatic carbocycles. The minimum Gasteiger partial charge on any atom is -0.484 e. The van der Waals surface area contributed by atoms with Crippen molar-refractivity contribution in [1.29, 1.82) is 0 Å². The highest BCUT2D eigenvalue weighted by Gasteiger charge is 2.61. The van der Waals surface area contributed by atoms with Crippen molar-refractivity contribution in [1.82, 2.24) is 10.4 Å². The van der Waals surface area contributed by atoms with Crippen LogP contribution in [0.3, 0.4) is 0 Å². The number of amides is 1. The number of halogens is 3. The number of allylic oxidation sites excluding steroid dienone is 1. The van der Waals surface area contributed by atoms with E-state index in [9.17, 15) is 23.1 Å². The minimum absolute atomic E-state index is 0.157. The van der Waals surface area contributed by atoms with Crippen LogP contribution in [-0.4, -0.2) is 34.5 Å². The van der Waals surface area contributed by atoms with E-state index < -0.39 is 24.4 Å². The lowest BCUT2D eigenvalue weighted by Crippen LogP contribution is -2.61. The smallest absolute Gasteiger partial charge is 0.442 e. The van der Waals surface area contributed by atoms with Gasteiger partial charge in [-0.15, -0.1) is 0 Å². The summed E-state index contributed by atoms with van der Waals surface area (Å²) < 4.78 is 44.9. The van der Waals surface area contributed by atoms with Crippen LogP contribution in [0, 0.1) is 0 Å². The summed E-state index contributed by atoms with van der Waals surface area (Å²) in [5.41, 5.74) is -0.871. The largest absolute Gasteiger partial charge is 0.484 e. The number of ether oxygens (including phenoxy) is 1. The molecule has 0 radical (unpaired) electrons. The van der Waals surface area contributed by atoms with E-state index in [1.54, 1.807) is 30.3 Å². The van der Waals surface area contributed by atoms with Gasteiger partial charge in [0.1, 0.15) is 5.75 Å². The Morgan fingerprint density at radius 1 is 1.33 bits per heavy atom. The van der Waals surface area contributed by atoms with Gasteiger partial charge in [0.05, 0.1) is 0 Å². The molecule has 0 unspecified atom stereocenters. The van der Waals surface area contributed by atoms with Crippen molar-refractivity contribution >= 4 is 5.91 Å². The number of hydrogen-bond acceptors (Lipinski definition) is 4. The molecule has 8 heteroatoms. The number of carbonyl (C=O) groups excluding carboxylic acids is 1. The maximum absolute atomic E-state index is 13.2. The number of carbonyl (C=O) groups is 1. The first-order chi connectivity index (χ1) is 11.3. The van der Waals surface area contributed by atoms with Crippen LogP contribution in [0.15, 0.2) is 42.1 Å². The number of aliphatic hydroxyl groups is 1. The van der Waals surface area contributed by atoms with E-state index in [1.807, 2.05) is 6.92 Å². The van der Waals surface area contributed by atoms with E-state index in [0.717, 1.165) is 6.42 Å². The molecule has 132 valence electrons. The molecule has 1 aliphatic heterocycles. The third-order valence-corrected chi connectivity index (χ3v) is 3.54. The van der Waals surface area contributed by atoms with Crippen LogP contribution >= 0.6 is 0 Å². The van der Waals surface area contributed by atoms with E-state index in [-0.39, 0.29) is 10.7 Å². The number of nitrogens with zero attached hydrogens (tertiary/aromatic N) is 1. The predicted molar refractivity (Wildman–Crippen MR) is 80.5 cm³/mol. The van der Waals surface area contributed by atoms with Crippen LogP contribution in [0.4, 0.5) is 13.2 Å². The first-order valence-electron chi connectivity index (χ1n) is 7.56. The molecule has 1 aliphatic rings. The predicted octanol–water partition coefficient (Wildman–Crippen LogP) is 2.74. The van der Waals surface area contributed by atoms with Gasteiger partial charge in [-0.2, -0.15) is 13.2 Å². The van der Waals surface area contributed by atoms with Gasteiger partial charge in [0.25, 0.3) is 11.6 Å². The topological polar surface area (TPSA) is 61.8 Å². The maximum Gasteiger partial charge on any atom is 0.442 e. The zero-order valence-corrected chi connectivity index (χ0v) is 13.1. The van der Waals surface area contributed by atoms with Crippen LogP contribution in [0.1, 0.15) is 26.2 Å². The van der Waals surface area contributed by atoms with E-state index in [2.05, 4.69) is 5.43 Å². The Hall–Kier alpha value is -2.22. The second-order valence-corrected chi connectivity index (χ2v) is 5.44. The zero-order chi connectivity index (χ0) is 17.8. The zero-order valence-electron chi connectivity index (χ0n) is 13.1. The normalized spacial score (nSPS) is 20.5. The van der Waals surface area contributed by atoms with Crippen LogP contribution in [0.2, 0.25) is 0 Å². The lowest BCUT2D eigenvalue weighted by molar-refractivity contribution is -0.289. The summed E-state index contributed by atoms with van der Waals surface area (Å²) in [5.74, 6) is -0.679. The fourth-order valence-corrected chi connectivity index (χ4v) is 2.25. The Morgan fingerprint density at radius 2 is 2.00 bits per heavy atom. The number of hydrogen-bond donors (Lipinski definition) is 2. The molecule has 0 saturated heterocycles. The number of rotatable bonds is 6. The molecule has 5 nitrogen and oxygen atoms in total.